The van der Waals surface area contributed by atoms with Gasteiger partial charge in [0.1, 0.15) is 0 Å². The minimum absolute atomic E-state index is 0.0546. The van der Waals surface area contributed by atoms with E-state index in [-0.39, 0.29) is 5.91 Å². The summed E-state index contributed by atoms with van der Waals surface area (Å²) < 4.78 is 0. The maximum absolute atomic E-state index is 11.1. The molecule has 1 saturated heterocycles. The van der Waals surface area contributed by atoms with Crippen LogP contribution in [0.15, 0.2) is 29.3 Å². The summed E-state index contributed by atoms with van der Waals surface area (Å²) in [4.78, 5) is 18.1. The summed E-state index contributed by atoms with van der Waals surface area (Å²) in [6.07, 6.45) is 2.48. The number of likely N-dealkylation sites (tertiary alicyclic amines) is 1. The van der Waals surface area contributed by atoms with Crippen LogP contribution in [0.4, 0.5) is 5.69 Å². The summed E-state index contributed by atoms with van der Waals surface area (Å²) in [6, 6.07) is 7.83. The summed E-state index contributed by atoms with van der Waals surface area (Å²) in [5.74, 6) is 0.931. The van der Waals surface area contributed by atoms with Gasteiger partial charge < -0.3 is 15.5 Å². The van der Waals surface area contributed by atoms with Crippen molar-refractivity contribution in [3.8, 4) is 0 Å². The van der Waals surface area contributed by atoms with E-state index in [0.717, 1.165) is 36.8 Å². The van der Waals surface area contributed by atoms with Gasteiger partial charge in [0.15, 0.2) is 5.96 Å². The molecule has 0 atom stereocenters. The SMILES string of the molecule is CCNC(=NCc1cccc(NC(C)=O)c1)N1CCCC1. The maximum Gasteiger partial charge on any atom is 0.221 e. The van der Waals surface area contributed by atoms with E-state index in [1.807, 2.05) is 24.3 Å². The average molecular weight is 288 g/mol. The Bertz CT molecular complexity index is 507. The van der Waals surface area contributed by atoms with E-state index in [2.05, 4.69) is 22.5 Å². The van der Waals surface area contributed by atoms with Crippen LogP contribution in [0.2, 0.25) is 0 Å². The molecule has 1 aliphatic heterocycles. The Morgan fingerprint density at radius 1 is 1.33 bits per heavy atom. The number of benzene rings is 1. The highest BCUT2D eigenvalue weighted by Crippen LogP contribution is 2.13. The fraction of sp³-hybridized carbons (Fsp3) is 0.500. The third kappa shape index (κ3) is 4.77. The zero-order chi connectivity index (χ0) is 15.1. The smallest absolute Gasteiger partial charge is 0.221 e. The largest absolute Gasteiger partial charge is 0.357 e. The van der Waals surface area contributed by atoms with Crippen LogP contribution in [0, 0.1) is 0 Å². The van der Waals surface area contributed by atoms with Crippen molar-refractivity contribution in [2.24, 2.45) is 4.99 Å². The molecular formula is C16H24N4O. The molecule has 1 aromatic carbocycles. The summed E-state index contributed by atoms with van der Waals surface area (Å²) in [6.45, 7) is 7.26. The quantitative estimate of drug-likeness (QED) is 0.660. The fourth-order valence-corrected chi connectivity index (χ4v) is 2.47. The second kappa shape index (κ2) is 7.67. The normalized spacial score (nSPS) is 15.1. The van der Waals surface area contributed by atoms with Gasteiger partial charge in [-0.25, -0.2) is 4.99 Å². The van der Waals surface area contributed by atoms with Gasteiger partial charge in [0, 0.05) is 32.2 Å². The maximum atomic E-state index is 11.1. The first-order valence-corrected chi connectivity index (χ1v) is 7.59. The Balaban J connectivity index is 2.04. The second-order valence-corrected chi connectivity index (χ2v) is 5.25. The van der Waals surface area contributed by atoms with Gasteiger partial charge in [0.05, 0.1) is 6.54 Å². The van der Waals surface area contributed by atoms with Crippen molar-refractivity contribution in [1.82, 2.24) is 10.2 Å². The van der Waals surface area contributed by atoms with E-state index in [1.165, 1.54) is 19.8 Å². The molecule has 1 amide bonds. The number of nitrogens with zero attached hydrogens (tertiary/aromatic N) is 2. The predicted octanol–water partition coefficient (Wildman–Crippen LogP) is 2.21. The molecule has 114 valence electrons. The first-order valence-electron chi connectivity index (χ1n) is 7.59. The zero-order valence-electron chi connectivity index (χ0n) is 12.9. The summed E-state index contributed by atoms with van der Waals surface area (Å²) in [7, 11) is 0. The van der Waals surface area contributed by atoms with E-state index >= 15 is 0 Å². The number of rotatable bonds is 4. The van der Waals surface area contributed by atoms with E-state index in [9.17, 15) is 4.79 Å². The van der Waals surface area contributed by atoms with Crippen LogP contribution in [-0.2, 0) is 11.3 Å². The summed E-state index contributed by atoms with van der Waals surface area (Å²) in [5.41, 5.74) is 1.91. The van der Waals surface area contributed by atoms with Crippen LogP contribution in [0.1, 0.15) is 32.3 Å². The zero-order valence-corrected chi connectivity index (χ0v) is 12.9. The summed E-state index contributed by atoms with van der Waals surface area (Å²) in [5, 5.41) is 6.15. The molecular weight excluding hydrogens is 264 g/mol. The van der Waals surface area contributed by atoms with Crippen molar-refractivity contribution in [3.05, 3.63) is 29.8 Å². The minimum atomic E-state index is -0.0546. The molecule has 0 unspecified atom stereocenters. The lowest BCUT2D eigenvalue weighted by Gasteiger charge is -2.20. The van der Waals surface area contributed by atoms with Crippen LogP contribution >= 0.6 is 0 Å². The topological polar surface area (TPSA) is 56.7 Å². The first-order chi connectivity index (χ1) is 10.2. The van der Waals surface area contributed by atoms with Gasteiger partial charge >= 0.3 is 0 Å². The summed E-state index contributed by atoms with van der Waals surface area (Å²) >= 11 is 0. The van der Waals surface area contributed by atoms with Crippen LogP contribution in [0.25, 0.3) is 0 Å². The second-order valence-electron chi connectivity index (χ2n) is 5.25. The van der Waals surface area contributed by atoms with Gasteiger partial charge in [-0.05, 0) is 37.5 Å². The Morgan fingerprint density at radius 2 is 2.10 bits per heavy atom. The lowest BCUT2D eigenvalue weighted by Crippen LogP contribution is -2.39. The van der Waals surface area contributed by atoms with Gasteiger partial charge in [0.25, 0.3) is 0 Å². The molecule has 2 N–H and O–H groups in total. The highest BCUT2D eigenvalue weighted by Gasteiger charge is 2.15. The molecule has 2 rings (SSSR count). The van der Waals surface area contributed by atoms with Crippen molar-refractivity contribution in [3.63, 3.8) is 0 Å². The molecule has 0 aliphatic carbocycles. The van der Waals surface area contributed by atoms with E-state index in [1.54, 1.807) is 0 Å². The predicted molar refractivity (Wildman–Crippen MR) is 86.4 cm³/mol. The highest BCUT2D eigenvalue weighted by atomic mass is 16.1. The van der Waals surface area contributed by atoms with Crippen molar-refractivity contribution in [2.45, 2.75) is 33.2 Å². The number of carbonyl (C=O) groups is 1. The molecule has 1 heterocycles. The Morgan fingerprint density at radius 3 is 2.76 bits per heavy atom. The van der Waals surface area contributed by atoms with Crippen LogP contribution in [0.5, 0.6) is 0 Å². The van der Waals surface area contributed by atoms with E-state index in [4.69, 9.17) is 4.99 Å². The van der Waals surface area contributed by atoms with Crippen LogP contribution in [-0.4, -0.2) is 36.4 Å². The van der Waals surface area contributed by atoms with Crippen molar-refractivity contribution in [2.75, 3.05) is 25.0 Å². The van der Waals surface area contributed by atoms with Crippen molar-refractivity contribution in [1.29, 1.82) is 0 Å². The number of guanidine groups is 1. The lowest BCUT2D eigenvalue weighted by molar-refractivity contribution is -0.114. The molecule has 21 heavy (non-hydrogen) atoms. The van der Waals surface area contributed by atoms with Gasteiger partial charge in [-0.3, -0.25) is 4.79 Å². The van der Waals surface area contributed by atoms with E-state index in [0.29, 0.717) is 6.54 Å². The molecule has 5 nitrogen and oxygen atoms in total. The number of carbonyl (C=O) groups excluding carboxylic acids is 1. The van der Waals surface area contributed by atoms with Gasteiger partial charge in [-0.2, -0.15) is 0 Å². The number of aliphatic imine (C=N–C) groups is 1. The standard InChI is InChI=1S/C16H24N4O/c1-3-17-16(20-9-4-5-10-20)18-12-14-7-6-8-15(11-14)19-13(2)21/h6-8,11H,3-5,9-10,12H2,1-2H3,(H,17,18)(H,19,21). The molecule has 1 fully saturated rings. The first kappa shape index (κ1) is 15.4. The van der Waals surface area contributed by atoms with Gasteiger partial charge in [-0.1, -0.05) is 12.1 Å². The van der Waals surface area contributed by atoms with Crippen LogP contribution < -0.4 is 10.6 Å². The van der Waals surface area contributed by atoms with Crippen molar-refractivity contribution >= 4 is 17.6 Å². The highest BCUT2D eigenvalue weighted by molar-refractivity contribution is 5.88. The van der Waals surface area contributed by atoms with Gasteiger partial charge in [-0.15, -0.1) is 0 Å². The van der Waals surface area contributed by atoms with Crippen molar-refractivity contribution < 1.29 is 4.79 Å². The minimum Gasteiger partial charge on any atom is -0.357 e. The van der Waals surface area contributed by atoms with E-state index < -0.39 is 0 Å². The van der Waals surface area contributed by atoms with Gasteiger partial charge in [0.2, 0.25) is 5.91 Å². The number of anilines is 1. The molecule has 0 bridgehead atoms. The Hall–Kier alpha value is -2.04. The molecule has 0 radical (unpaired) electrons. The number of hydrogen-bond donors (Lipinski definition) is 2. The number of amides is 1. The molecule has 0 aromatic heterocycles. The third-order valence-corrected chi connectivity index (χ3v) is 3.40. The molecule has 1 aromatic rings. The Labute approximate surface area is 126 Å². The molecule has 0 spiro atoms. The third-order valence-electron chi connectivity index (χ3n) is 3.40. The monoisotopic (exact) mass is 288 g/mol. The average Bonchev–Trinajstić information content (AvgIpc) is 2.97. The Kier molecular flexibility index (Phi) is 5.60. The number of hydrogen-bond acceptors (Lipinski definition) is 2. The lowest BCUT2D eigenvalue weighted by atomic mass is 10.2. The molecule has 5 heteroatoms. The van der Waals surface area contributed by atoms with Crippen LogP contribution in [0.3, 0.4) is 0 Å². The number of nitrogens with one attached hydrogen (secondary N) is 2. The molecule has 0 saturated carbocycles. The fourth-order valence-electron chi connectivity index (χ4n) is 2.47. The molecule has 1 aliphatic rings.